The molecule has 1 heterocycles. The van der Waals surface area contributed by atoms with Gasteiger partial charge in [-0.05, 0) is 37.5 Å². The fourth-order valence-electron chi connectivity index (χ4n) is 3.94. The highest BCUT2D eigenvalue weighted by Gasteiger charge is 2.40. The molecule has 35 heavy (non-hydrogen) atoms. The molecule has 2 aromatic rings. The fourth-order valence-corrected chi connectivity index (χ4v) is 5.60. The summed E-state index contributed by atoms with van der Waals surface area (Å²) in [5, 5.41) is 14.6. The van der Waals surface area contributed by atoms with Crippen LogP contribution in [0.2, 0.25) is 0 Å². The fraction of sp³-hybridized carbons (Fsp3) is 0.375. The van der Waals surface area contributed by atoms with E-state index in [1.807, 2.05) is 13.0 Å². The number of amides is 3. The molecule has 0 radical (unpaired) electrons. The van der Waals surface area contributed by atoms with Gasteiger partial charge in [0.05, 0.1) is 11.5 Å². The molecule has 10 nitrogen and oxygen atoms in total. The third-order valence-corrected chi connectivity index (χ3v) is 7.81. The first-order valence-corrected chi connectivity index (χ1v) is 12.7. The van der Waals surface area contributed by atoms with Gasteiger partial charge in [0.1, 0.15) is 18.1 Å². The van der Waals surface area contributed by atoms with Crippen molar-refractivity contribution in [1.82, 2.24) is 14.9 Å². The van der Waals surface area contributed by atoms with Crippen LogP contribution in [0.1, 0.15) is 24.0 Å². The van der Waals surface area contributed by atoms with Gasteiger partial charge in [0.25, 0.3) is 0 Å². The summed E-state index contributed by atoms with van der Waals surface area (Å²) < 4.78 is 27.3. The van der Waals surface area contributed by atoms with E-state index < -0.39 is 52.5 Å². The number of primary amides is 1. The van der Waals surface area contributed by atoms with Crippen LogP contribution in [-0.2, 0) is 30.8 Å². The first kappa shape index (κ1) is 26.3. The maximum absolute atomic E-state index is 13.1. The van der Waals surface area contributed by atoms with Crippen LogP contribution in [0, 0.1) is 6.92 Å². The van der Waals surface area contributed by atoms with Crippen molar-refractivity contribution in [1.29, 1.82) is 0 Å². The molecular formula is C24H30N4O6S. The summed E-state index contributed by atoms with van der Waals surface area (Å²) >= 11 is 0. The van der Waals surface area contributed by atoms with Crippen molar-refractivity contribution in [2.45, 2.75) is 49.2 Å². The number of carbonyl (C=O) groups is 3. The number of aryl methyl sites for hydroxylation is 1. The van der Waals surface area contributed by atoms with Crippen molar-refractivity contribution in [3.8, 4) is 0 Å². The van der Waals surface area contributed by atoms with E-state index in [1.165, 1.54) is 12.1 Å². The molecule has 0 unspecified atom stereocenters. The number of benzene rings is 2. The number of aliphatic hydroxyl groups excluding tert-OH is 1. The highest BCUT2D eigenvalue weighted by Crippen LogP contribution is 2.26. The van der Waals surface area contributed by atoms with Gasteiger partial charge in [0.15, 0.2) is 0 Å². The zero-order valence-electron chi connectivity index (χ0n) is 19.4. The Labute approximate surface area is 204 Å². The van der Waals surface area contributed by atoms with Crippen LogP contribution in [-0.4, -0.2) is 66.8 Å². The summed E-state index contributed by atoms with van der Waals surface area (Å²) in [4.78, 5) is 37.7. The van der Waals surface area contributed by atoms with Gasteiger partial charge >= 0.3 is 0 Å². The lowest BCUT2D eigenvalue weighted by Gasteiger charge is -2.26. The highest BCUT2D eigenvalue weighted by atomic mass is 32.2. The second kappa shape index (κ2) is 11.4. The number of carbonyl (C=O) groups excluding carboxylic acids is 3. The first-order chi connectivity index (χ1) is 16.6. The zero-order valence-corrected chi connectivity index (χ0v) is 20.2. The minimum absolute atomic E-state index is 0.0736. The van der Waals surface area contributed by atoms with E-state index in [9.17, 15) is 27.9 Å². The number of nitrogens with two attached hydrogens (primary N) is 1. The van der Waals surface area contributed by atoms with Gasteiger partial charge in [-0.1, -0.05) is 48.0 Å². The Hall–Kier alpha value is -3.28. The Morgan fingerprint density at radius 1 is 1.06 bits per heavy atom. The van der Waals surface area contributed by atoms with Crippen molar-refractivity contribution in [3.63, 3.8) is 0 Å². The van der Waals surface area contributed by atoms with Gasteiger partial charge in [0.2, 0.25) is 27.7 Å². The van der Waals surface area contributed by atoms with Gasteiger partial charge in [-0.15, -0.1) is 0 Å². The van der Waals surface area contributed by atoms with Crippen LogP contribution in [0.25, 0.3) is 0 Å². The predicted molar refractivity (Wildman–Crippen MR) is 128 cm³/mol. The second-order valence-corrected chi connectivity index (χ2v) is 10.4. The zero-order chi connectivity index (χ0) is 25.6. The molecule has 0 saturated carbocycles. The van der Waals surface area contributed by atoms with E-state index in [-0.39, 0.29) is 24.3 Å². The van der Waals surface area contributed by atoms with Crippen LogP contribution in [0.5, 0.6) is 0 Å². The number of nitrogens with zero attached hydrogens (tertiary/aromatic N) is 1. The van der Waals surface area contributed by atoms with Crippen molar-refractivity contribution >= 4 is 27.7 Å². The van der Waals surface area contributed by atoms with Crippen molar-refractivity contribution < 1.29 is 27.9 Å². The second-order valence-electron chi connectivity index (χ2n) is 8.48. The summed E-state index contributed by atoms with van der Waals surface area (Å²) in [6, 6.07) is 11.8. The minimum atomic E-state index is -3.93. The Morgan fingerprint density at radius 2 is 1.71 bits per heavy atom. The van der Waals surface area contributed by atoms with E-state index in [2.05, 4.69) is 10.6 Å². The third kappa shape index (κ3) is 6.44. The normalized spacial score (nSPS) is 17.9. The largest absolute Gasteiger partial charge is 0.394 e. The van der Waals surface area contributed by atoms with E-state index in [0.29, 0.717) is 6.42 Å². The third-order valence-electron chi connectivity index (χ3n) is 5.89. The Kier molecular flexibility index (Phi) is 8.60. The van der Waals surface area contributed by atoms with Crippen LogP contribution >= 0.6 is 0 Å². The minimum Gasteiger partial charge on any atom is -0.394 e. The molecular weight excluding hydrogens is 472 g/mol. The molecule has 2 aromatic carbocycles. The molecule has 0 aromatic heterocycles. The quantitative estimate of drug-likeness (QED) is 0.353. The molecule has 3 amide bonds. The van der Waals surface area contributed by atoms with E-state index >= 15 is 0 Å². The summed E-state index contributed by atoms with van der Waals surface area (Å²) in [5.74, 6) is -2.27. The van der Waals surface area contributed by atoms with Crippen LogP contribution < -0.4 is 16.4 Å². The van der Waals surface area contributed by atoms with E-state index in [0.717, 1.165) is 15.4 Å². The molecule has 0 aliphatic carbocycles. The molecule has 3 atom stereocenters. The molecule has 1 saturated heterocycles. The molecule has 0 bridgehead atoms. The smallest absolute Gasteiger partial charge is 0.245 e. The molecule has 5 N–H and O–H groups in total. The van der Waals surface area contributed by atoms with Crippen molar-refractivity contribution in [3.05, 3.63) is 65.7 Å². The Morgan fingerprint density at radius 3 is 2.31 bits per heavy atom. The van der Waals surface area contributed by atoms with Crippen LogP contribution in [0.3, 0.4) is 0 Å². The van der Waals surface area contributed by atoms with Gasteiger partial charge in [-0.25, -0.2) is 8.42 Å². The van der Waals surface area contributed by atoms with Gasteiger partial charge in [-0.3, -0.25) is 14.4 Å². The highest BCUT2D eigenvalue weighted by molar-refractivity contribution is 7.89. The van der Waals surface area contributed by atoms with Gasteiger partial charge in [0, 0.05) is 13.0 Å². The standard InChI is InChI=1S/C24H30N4O6S/c1-16-9-11-18(12-10-16)35(33,34)28-13-5-8-21(28)24(32)27-20(15-29)23(31)26-19(22(25)30)14-17-6-3-2-4-7-17/h2-4,6-7,9-12,19-21,29H,5,8,13-15H2,1H3,(H2,25,30)(H,26,31)(H,27,32)/t19-,20-,21-/m0/s1. The monoisotopic (exact) mass is 502 g/mol. The predicted octanol–water partition coefficient (Wildman–Crippen LogP) is -0.162. The number of aliphatic hydroxyl groups is 1. The molecule has 1 aliphatic heterocycles. The summed E-state index contributed by atoms with van der Waals surface area (Å²) in [6.45, 7) is 1.25. The lowest BCUT2D eigenvalue weighted by atomic mass is 10.0. The molecule has 0 spiro atoms. The van der Waals surface area contributed by atoms with Gasteiger partial charge < -0.3 is 21.5 Å². The molecule has 3 rings (SSSR count). The SMILES string of the molecule is Cc1ccc(S(=O)(=O)N2CCC[C@H]2C(=O)N[C@@H](CO)C(=O)N[C@@H](Cc2ccccc2)C(N)=O)cc1. The Bertz CT molecular complexity index is 1150. The number of rotatable bonds is 10. The maximum atomic E-state index is 13.1. The van der Waals surface area contributed by atoms with E-state index in [4.69, 9.17) is 5.73 Å². The topological polar surface area (TPSA) is 159 Å². The molecule has 11 heteroatoms. The van der Waals surface area contributed by atoms with E-state index in [1.54, 1.807) is 36.4 Å². The molecule has 188 valence electrons. The molecule has 1 fully saturated rings. The number of hydrogen-bond acceptors (Lipinski definition) is 6. The molecule has 1 aliphatic rings. The number of sulfonamides is 1. The maximum Gasteiger partial charge on any atom is 0.245 e. The average molecular weight is 503 g/mol. The van der Waals surface area contributed by atoms with Crippen LogP contribution in [0.15, 0.2) is 59.5 Å². The van der Waals surface area contributed by atoms with Crippen LogP contribution in [0.4, 0.5) is 0 Å². The van der Waals surface area contributed by atoms with Crippen molar-refractivity contribution in [2.24, 2.45) is 5.73 Å². The lowest BCUT2D eigenvalue weighted by molar-refractivity contribution is -0.133. The van der Waals surface area contributed by atoms with Crippen molar-refractivity contribution in [2.75, 3.05) is 13.2 Å². The summed E-state index contributed by atoms with van der Waals surface area (Å²) in [7, 11) is -3.93. The van der Waals surface area contributed by atoms with Gasteiger partial charge in [-0.2, -0.15) is 4.31 Å². The first-order valence-electron chi connectivity index (χ1n) is 11.3. The Balaban J connectivity index is 1.68. The number of hydrogen-bond donors (Lipinski definition) is 4. The average Bonchev–Trinajstić information content (AvgIpc) is 3.34. The lowest BCUT2D eigenvalue weighted by Crippen LogP contribution is -2.57. The summed E-state index contributed by atoms with van der Waals surface area (Å²) in [6.07, 6.45) is 0.883. The summed E-state index contributed by atoms with van der Waals surface area (Å²) in [5.41, 5.74) is 7.10. The number of nitrogens with one attached hydrogen (secondary N) is 2.